The van der Waals surface area contributed by atoms with Gasteiger partial charge in [0.15, 0.2) is 19.3 Å². The van der Waals surface area contributed by atoms with Crippen LogP contribution in [0.1, 0.15) is 65.7 Å². The average Bonchev–Trinajstić information content (AvgIpc) is 3.56. The molecule has 214 valence electrons. The van der Waals surface area contributed by atoms with Crippen LogP contribution in [0.3, 0.4) is 0 Å². The van der Waals surface area contributed by atoms with E-state index in [1.54, 1.807) is 6.20 Å². The molecule has 3 saturated heterocycles. The molecular weight excluding hydrogens is 533 g/mol. The zero-order chi connectivity index (χ0) is 27.6. The fourth-order valence-corrected chi connectivity index (χ4v) is 8.38. The van der Waals surface area contributed by atoms with E-state index in [0.717, 1.165) is 57.7 Å². The number of fused-ring (bicyclic) bond motifs is 4. The SMILES string of the molecule is CC(C)(C)[Si](C)(C)OC[C@H]1CC[C@@]2(COc3nc(N4CC5CCC(C5)C4)c4cnc(Cl)c(F)c4n3)CCCN12. The maximum atomic E-state index is 15.2. The number of aromatic nitrogens is 3. The van der Waals surface area contributed by atoms with Gasteiger partial charge in [0.05, 0.1) is 10.9 Å². The predicted octanol–water partition coefficient (Wildman–Crippen LogP) is 6.45. The number of rotatable bonds is 7. The zero-order valence-corrected chi connectivity index (χ0v) is 25.9. The molecule has 0 amide bonds. The lowest BCUT2D eigenvalue weighted by molar-refractivity contribution is 0.0663. The summed E-state index contributed by atoms with van der Waals surface area (Å²) in [6.45, 7) is 15.7. The van der Waals surface area contributed by atoms with Gasteiger partial charge in [0.1, 0.15) is 17.9 Å². The first kappa shape index (κ1) is 27.6. The summed E-state index contributed by atoms with van der Waals surface area (Å²) in [5.74, 6) is 1.45. The standard InChI is InChI=1S/C29H43ClFN5O2Si/c1-28(2,3)39(4,5)38-17-21-9-11-29(10-6-12-36(21)29)18-37-27-33-24-22(14-32-25(30)23(24)31)26(34-27)35-15-19-7-8-20(13-19)16-35/h14,19-21H,6-13,15-18H2,1-5H3/t19?,20?,21-,29-/m1/s1. The number of piperidine rings is 1. The first-order chi connectivity index (χ1) is 18.5. The zero-order valence-electron chi connectivity index (χ0n) is 24.1. The van der Waals surface area contributed by atoms with Gasteiger partial charge in [-0.2, -0.15) is 9.97 Å². The molecule has 1 aliphatic carbocycles. The predicted molar refractivity (Wildman–Crippen MR) is 156 cm³/mol. The molecule has 4 atom stereocenters. The van der Waals surface area contributed by atoms with E-state index in [4.69, 9.17) is 25.7 Å². The van der Waals surface area contributed by atoms with Gasteiger partial charge in [-0.05, 0) is 81.5 Å². The molecule has 0 radical (unpaired) electrons. The first-order valence-electron chi connectivity index (χ1n) is 14.8. The minimum atomic E-state index is -1.81. The number of nitrogens with zero attached hydrogens (tertiary/aromatic N) is 5. The highest BCUT2D eigenvalue weighted by molar-refractivity contribution is 6.74. The van der Waals surface area contributed by atoms with Crippen molar-refractivity contribution in [3.05, 3.63) is 17.2 Å². The maximum Gasteiger partial charge on any atom is 0.319 e. The van der Waals surface area contributed by atoms with Gasteiger partial charge in [-0.25, -0.2) is 9.37 Å². The maximum absolute atomic E-state index is 15.2. The van der Waals surface area contributed by atoms with Crippen molar-refractivity contribution in [2.24, 2.45) is 11.8 Å². The second kappa shape index (κ2) is 10.1. The van der Waals surface area contributed by atoms with Gasteiger partial charge in [0, 0.05) is 31.9 Å². The van der Waals surface area contributed by atoms with Gasteiger partial charge in [0.2, 0.25) is 0 Å². The Bertz CT molecular complexity index is 1230. The minimum absolute atomic E-state index is 0.0431. The molecule has 6 rings (SSSR count). The van der Waals surface area contributed by atoms with E-state index >= 15 is 4.39 Å². The number of anilines is 1. The van der Waals surface area contributed by atoms with Crippen LogP contribution < -0.4 is 9.64 Å². The Morgan fingerprint density at radius 3 is 2.59 bits per heavy atom. The molecule has 4 fully saturated rings. The highest BCUT2D eigenvalue weighted by Gasteiger charge is 2.50. The molecule has 2 aromatic rings. The Morgan fingerprint density at radius 2 is 1.87 bits per heavy atom. The van der Waals surface area contributed by atoms with Gasteiger partial charge >= 0.3 is 6.01 Å². The van der Waals surface area contributed by atoms with Gasteiger partial charge in [0.25, 0.3) is 0 Å². The van der Waals surface area contributed by atoms with Crippen molar-refractivity contribution < 1.29 is 13.6 Å². The van der Waals surface area contributed by atoms with Crippen LogP contribution in [-0.4, -0.2) is 72.6 Å². The number of pyridine rings is 1. The molecule has 10 heteroatoms. The van der Waals surface area contributed by atoms with E-state index in [9.17, 15) is 0 Å². The van der Waals surface area contributed by atoms with Crippen molar-refractivity contribution in [3.8, 4) is 6.01 Å². The molecule has 39 heavy (non-hydrogen) atoms. The fraction of sp³-hybridized carbons (Fsp3) is 0.759. The van der Waals surface area contributed by atoms with Gasteiger partial charge in [-0.3, -0.25) is 4.90 Å². The first-order valence-corrected chi connectivity index (χ1v) is 18.0. The summed E-state index contributed by atoms with van der Waals surface area (Å²) < 4.78 is 28.2. The van der Waals surface area contributed by atoms with Gasteiger partial charge < -0.3 is 14.1 Å². The van der Waals surface area contributed by atoms with Crippen molar-refractivity contribution in [3.63, 3.8) is 0 Å². The molecule has 0 N–H and O–H groups in total. The number of halogens is 2. The van der Waals surface area contributed by atoms with E-state index in [1.807, 2.05) is 0 Å². The minimum Gasteiger partial charge on any atom is -0.461 e. The van der Waals surface area contributed by atoms with Crippen molar-refractivity contribution in [1.29, 1.82) is 0 Å². The van der Waals surface area contributed by atoms with Crippen LogP contribution in [0.2, 0.25) is 23.3 Å². The third kappa shape index (κ3) is 5.06. The fourth-order valence-electron chi connectivity index (χ4n) is 7.20. The molecule has 0 aromatic carbocycles. The van der Waals surface area contributed by atoms with Gasteiger partial charge in [-0.15, -0.1) is 0 Å². The van der Waals surface area contributed by atoms with Crippen LogP contribution in [0, 0.1) is 17.7 Å². The van der Waals surface area contributed by atoms with Crippen LogP contribution in [0.25, 0.3) is 10.9 Å². The Balaban J connectivity index is 1.23. The van der Waals surface area contributed by atoms with Crippen molar-refractivity contribution in [1.82, 2.24) is 19.9 Å². The molecule has 7 nitrogen and oxygen atoms in total. The molecule has 1 saturated carbocycles. The van der Waals surface area contributed by atoms with Crippen LogP contribution in [-0.2, 0) is 4.43 Å². The Hall–Kier alpha value is -1.55. The van der Waals surface area contributed by atoms with E-state index < -0.39 is 14.1 Å². The molecule has 2 bridgehead atoms. The van der Waals surface area contributed by atoms with Crippen molar-refractivity contribution in [2.75, 3.05) is 37.7 Å². The lowest BCUT2D eigenvalue weighted by Crippen LogP contribution is -2.50. The Labute approximate surface area is 237 Å². The molecule has 3 aliphatic heterocycles. The second-order valence-electron chi connectivity index (χ2n) is 14.0. The molecule has 2 aromatic heterocycles. The summed E-state index contributed by atoms with van der Waals surface area (Å²) in [5, 5.41) is 0.636. The summed E-state index contributed by atoms with van der Waals surface area (Å²) in [7, 11) is -1.81. The summed E-state index contributed by atoms with van der Waals surface area (Å²) in [6.07, 6.45) is 9.81. The molecule has 5 heterocycles. The van der Waals surface area contributed by atoms with Gasteiger partial charge in [-0.1, -0.05) is 32.4 Å². The van der Waals surface area contributed by atoms with E-state index in [2.05, 4.69) is 53.6 Å². The summed E-state index contributed by atoms with van der Waals surface area (Å²) >= 11 is 6.08. The van der Waals surface area contributed by atoms with Crippen LogP contribution in [0.15, 0.2) is 6.20 Å². The molecule has 2 unspecified atom stereocenters. The summed E-state index contributed by atoms with van der Waals surface area (Å²) in [5.41, 5.74) is 0.152. The largest absolute Gasteiger partial charge is 0.461 e. The summed E-state index contributed by atoms with van der Waals surface area (Å²) in [4.78, 5) is 18.4. The second-order valence-corrected chi connectivity index (χ2v) is 19.1. The van der Waals surface area contributed by atoms with Crippen LogP contribution in [0.5, 0.6) is 6.01 Å². The number of ether oxygens (including phenoxy) is 1. The monoisotopic (exact) mass is 575 g/mol. The third-order valence-electron chi connectivity index (χ3n) is 10.5. The normalized spacial score (nSPS) is 29.4. The third-order valence-corrected chi connectivity index (χ3v) is 15.2. The van der Waals surface area contributed by atoms with Crippen molar-refractivity contribution in [2.45, 2.75) is 95.4 Å². The van der Waals surface area contributed by atoms with Crippen LogP contribution in [0.4, 0.5) is 10.2 Å². The highest BCUT2D eigenvalue weighted by atomic mass is 35.5. The summed E-state index contributed by atoms with van der Waals surface area (Å²) in [6, 6.07) is 0.642. The Morgan fingerprint density at radius 1 is 1.13 bits per heavy atom. The molecule has 0 spiro atoms. The lowest BCUT2D eigenvalue weighted by atomic mass is 9.95. The average molecular weight is 576 g/mol. The van der Waals surface area contributed by atoms with E-state index in [0.29, 0.717) is 29.9 Å². The van der Waals surface area contributed by atoms with E-state index in [-0.39, 0.29) is 27.3 Å². The lowest BCUT2D eigenvalue weighted by Gasteiger charge is -2.39. The topological polar surface area (TPSA) is 63.6 Å². The van der Waals surface area contributed by atoms with Crippen LogP contribution >= 0.6 is 11.6 Å². The number of hydrogen-bond donors (Lipinski definition) is 0. The smallest absolute Gasteiger partial charge is 0.319 e. The van der Waals surface area contributed by atoms with E-state index in [1.165, 1.54) is 19.3 Å². The highest BCUT2D eigenvalue weighted by Crippen LogP contribution is 2.45. The quantitative estimate of drug-likeness (QED) is 0.277. The molecule has 4 aliphatic rings. The Kier molecular flexibility index (Phi) is 7.13. The van der Waals surface area contributed by atoms with Crippen molar-refractivity contribution >= 4 is 36.6 Å². The molecular formula is C29H43ClFN5O2Si. The number of hydrogen-bond acceptors (Lipinski definition) is 7.